The lowest BCUT2D eigenvalue weighted by molar-refractivity contribution is -0.141. The van der Waals surface area contributed by atoms with E-state index in [1.54, 1.807) is 32.4 Å². The highest BCUT2D eigenvalue weighted by atomic mass is 16.5. The number of carbonyl (C=O) groups excluding carboxylic acids is 1. The summed E-state index contributed by atoms with van der Waals surface area (Å²) in [7, 11) is 3.13. The standard InChI is InChI=1S/C14H18O4/c1-4-5-8-18-14(15)10-11-6-7-12(16-2)13(9-11)17-3/h4-7,9H,8,10H2,1-3H3/b5-4+. The first-order valence-corrected chi connectivity index (χ1v) is 5.69. The Morgan fingerprint density at radius 3 is 2.56 bits per heavy atom. The second-order valence-corrected chi connectivity index (χ2v) is 3.62. The Kier molecular flexibility index (Phi) is 5.77. The largest absolute Gasteiger partial charge is 0.493 e. The van der Waals surface area contributed by atoms with Gasteiger partial charge in [0.15, 0.2) is 11.5 Å². The predicted molar refractivity (Wildman–Crippen MR) is 69.0 cm³/mol. The van der Waals surface area contributed by atoms with Crippen LogP contribution in [0, 0.1) is 0 Å². The molecule has 0 spiro atoms. The van der Waals surface area contributed by atoms with Crippen molar-refractivity contribution in [3.05, 3.63) is 35.9 Å². The van der Waals surface area contributed by atoms with Crippen LogP contribution in [0.15, 0.2) is 30.4 Å². The van der Waals surface area contributed by atoms with Crippen LogP contribution in [-0.2, 0) is 16.0 Å². The molecule has 0 saturated heterocycles. The molecule has 18 heavy (non-hydrogen) atoms. The fraction of sp³-hybridized carbons (Fsp3) is 0.357. The zero-order valence-corrected chi connectivity index (χ0v) is 10.9. The van der Waals surface area contributed by atoms with Crippen LogP contribution in [0.5, 0.6) is 11.5 Å². The van der Waals surface area contributed by atoms with Gasteiger partial charge in [0.2, 0.25) is 0 Å². The van der Waals surface area contributed by atoms with E-state index in [2.05, 4.69) is 0 Å². The molecule has 0 amide bonds. The summed E-state index contributed by atoms with van der Waals surface area (Å²) in [4.78, 5) is 11.5. The lowest BCUT2D eigenvalue weighted by Crippen LogP contribution is -2.08. The van der Waals surface area contributed by atoms with Gasteiger partial charge in [0.25, 0.3) is 0 Å². The van der Waals surface area contributed by atoms with Crippen LogP contribution < -0.4 is 9.47 Å². The molecule has 1 rings (SSSR count). The van der Waals surface area contributed by atoms with Gasteiger partial charge in [-0.25, -0.2) is 0 Å². The van der Waals surface area contributed by atoms with Gasteiger partial charge in [0.1, 0.15) is 6.61 Å². The Balaban J connectivity index is 2.64. The summed E-state index contributed by atoms with van der Waals surface area (Å²) in [5, 5.41) is 0. The molecule has 1 aromatic carbocycles. The van der Waals surface area contributed by atoms with Crippen molar-refractivity contribution in [1.82, 2.24) is 0 Å². The van der Waals surface area contributed by atoms with Gasteiger partial charge in [0, 0.05) is 0 Å². The van der Waals surface area contributed by atoms with E-state index in [1.807, 2.05) is 19.1 Å². The van der Waals surface area contributed by atoms with Crippen LogP contribution in [0.2, 0.25) is 0 Å². The lowest BCUT2D eigenvalue weighted by atomic mass is 10.1. The zero-order valence-electron chi connectivity index (χ0n) is 10.9. The third kappa shape index (κ3) is 4.13. The number of hydrogen-bond donors (Lipinski definition) is 0. The molecule has 0 radical (unpaired) electrons. The summed E-state index contributed by atoms with van der Waals surface area (Å²) in [6.45, 7) is 2.19. The molecule has 4 heteroatoms. The van der Waals surface area contributed by atoms with Crippen molar-refractivity contribution in [1.29, 1.82) is 0 Å². The summed E-state index contributed by atoms with van der Waals surface area (Å²) in [6, 6.07) is 5.36. The van der Waals surface area contributed by atoms with Gasteiger partial charge in [-0.05, 0) is 24.6 Å². The highest BCUT2D eigenvalue weighted by Gasteiger charge is 2.08. The van der Waals surface area contributed by atoms with Crippen molar-refractivity contribution in [2.24, 2.45) is 0 Å². The normalized spacial score (nSPS) is 10.4. The van der Waals surface area contributed by atoms with Gasteiger partial charge >= 0.3 is 5.97 Å². The number of methoxy groups -OCH3 is 2. The highest BCUT2D eigenvalue weighted by Crippen LogP contribution is 2.27. The topological polar surface area (TPSA) is 44.8 Å². The first-order chi connectivity index (χ1) is 8.71. The summed E-state index contributed by atoms with van der Waals surface area (Å²) in [5.74, 6) is 0.986. The predicted octanol–water partition coefficient (Wildman–Crippen LogP) is 2.37. The molecule has 1 aromatic rings. The van der Waals surface area contributed by atoms with Gasteiger partial charge < -0.3 is 14.2 Å². The number of rotatable bonds is 6. The SMILES string of the molecule is C/C=C/COC(=O)Cc1ccc(OC)c(OC)c1. The van der Waals surface area contributed by atoms with Gasteiger partial charge in [-0.15, -0.1) is 0 Å². The average molecular weight is 250 g/mol. The minimum absolute atomic E-state index is 0.220. The first kappa shape index (κ1) is 14.1. The van der Waals surface area contributed by atoms with Gasteiger partial charge in [-0.2, -0.15) is 0 Å². The second-order valence-electron chi connectivity index (χ2n) is 3.62. The average Bonchev–Trinajstić information content (AvgIpc) is 2.39. The zero-order chi connectivity index (χ0) is 13.4. The molecule has 0 aliphatic heterocycles. The van der Waals surface area contributed by atoms with Crippen LogP contribution in [-0.4, -0.2) is 26.8 Å². The Morgan fingerprint density at radius 2 is 1.94 bits per heavy atom. The summed E-state index contributed by atoms with van der Waals surface area (Å²) in [6.07, 6.45) is 3.84. The minimum Gasteiger partial charge on any atom is -0.493 e. The Labute approximate surface area is 107 Å². The smallest absolute Gasteiger partial charge is 0.310 e. The number of benzene rings is 1. The molecule has 4 nitrogen and oxygen atoms in total. The molecule has 0 bridgehead atoms. The minimum atomic E-state index is -0.264. The number of esters is 1. The molecule has 0 aromatic heterocycles. The molecule has 0 atom stereocenters. The Hall–Kier alpha value is -1.97. The summed E-state index contributed by atoms with van der Waals surface area (Å²) < 4.78 is 15.3. The summed E-state index contributed by atoms with van der Waals surface area (Å²) >= 11 is 0. The van der Waals surface area contributed by atoms with Crippen molar-refractivity contribution < 1.29 is 19.0 Å². The molecular weight excluding hydrogens is 232 g/mol. The van der Waals surface area contributed by atoms with Gasteiger partial charge in [-0.1, -0.05) is 18.2 Å². The molecule has 0 fully saturated rings. The molecule has 0 saturated carbocycles. The van der Waals surface area contributed by atoms with E-state index in [4.69, 9.17) is 14.2 Å². The molecule has 0 heterocycles. The maximum atomic E-state index is 11.5. The van der Waals surface area contributed by atoms with Gasteiger partial charge in [0.05, 0.1) is 20.6 Å². The van der Waals surface area contributed by atoms with Crippen LogP contribution in [0.3, 0.4) is 0 Å². The molecule has 0 aliphatic carbocycles. The van der Waals surface area contributed by atoms with Crippen LogP contribution in [0.25, 0.3) is 0 Å². The molecule has 0 aliphatic rings. The second kappa shape index (κ2) is 7.37. The number of ether oxygens (including phenoxy) is 3. The highest BCUT2D eigenvalue weighted by molar-refractivity contribution is 5.73. The van der Waals surface area contributed by atoms with Crippen molar-refractivity contribution in [3.63, 3.8) is 0 Å². The monoisotopic (exact) mass is 250 g/mol. The van der Waals surface area contributed by atoms with Crippen LogP contribution in [0.4, 0.5) is 0 Å². The number of hydrogen-bond acceptors (Lipinski definition) is 4. The fourth-order valence-corrected chi connectivity index (χ4v) is 1.45. The first-order valence-electron chi connectivity index (χ1n) is 5.69. The Bertz CT molecular complexity index is 424. The van der Waals surface area contributed by atoms with Crippen molar-refractivity contribution in [3.8, 4) is 11.5 Å². The maximum Gasteiger partial charge on any atom is 0.310 e. The fourth-order valence-electron chi connectivity index (χ4n) is 1.45. The quantitative estimate of drug-likeness (QED) is 0.574. The molecule has 98 valence electrons. The summed E-state index contributed by atoms with van der Waals surface area (Å²) in [5.41, 5.74) is 0.832. The van der Waals surface area contributed by atoms with Gasteiger partial charge in [-0.3, -0.25) is 4.79 Å². The van der Waals surface area contributed by atoms with Crippen molar-refractivity contribution in [2.45, 2.75) is 13.3 Å². The van der Waals surface area contributed by atoms with Crippen LogP contribution in [0.1, 0.15) is 12.5 Å². The van der Waals surface area contributed by atoms with E-state index < -0.39 is 0 Å². The third-order valence-electron chi connectivity index (χ3n) is 2.37. The van der Waals surface area contributed by atoms with E-state index in [-0.39, 0.29) is 12.4 Å². The number of allylic oxidation sites excluding steroid dienone is 1. The maximum absolute atomic E-state index is 11.5. The molecular formula is C14H18O4. The van der Waals surface area contributed by atoms with E-state index in [0.717, 1.165) is 5.56 Å². The van der Waals surface area contributed by atoms with Crippen LogP contribution >= 0.6 is 0 Å². The van der Waals surface area contributed by atoms with Crippen molar-refractivity contribution in [2.75, 3.05) is 20.8 Å². The van der Waals surface area contributed by atoms with E-state index >= 15 is 0 Å². The van der Waals surface area contributed by atoms with E-state index in [9.17, 15) is 4.79 Å². The third-order valence-corrected chi connectivity index (χ3v) is 2.37. The lowest BCUT2D eigenvalue weighted by Gasteiger charge is -2.09. The Morgan fingerprint density at radius 1 is 1.22 bits per heavy atom. The molecule has 0 N–H and O–H groups in total. The van der Waals surface area contributed by atoms with E-state index in [1.165, 1.54) is 0 Å². The van der Waals surface area contributed by atoms with E-state index in [0.29, 0.717) is 18.1 Å². The molecule has 0 unspecified atom stereocenters. The van der Waals surface area contributed by atoms with Crippen molar-refractivity contribution >= 4 is 5.97 Å². The number of carbonyl (C=O) groups is 1.